The summed E-state index contributed by atoms with van der Waals surface area (Å²) in [5.41, 5.74) is 1.47. The Hall–Kier alpha value is -3.68. The third-order valence-corrected chi connectivity index (χ3v) is 9.22. The standard InChI is InChI=1S/C28H36N8O4S/c1-5-9-22-25-26(32-36(22)24-10-8-13-29-31-24)28(37)33(4)27(30-25)21-19-20(11-12-23(21)40-18-6-2)41(38,39)35-16-14-34(7-3)15-17-35/h8,10-13,19H,5-7,9,14-18H2,1-4H3. The average Bonchev–Trinajstić information content (AvgIpc) is 3.36. The number of piperazine rings is 1. The highest BCUT2D eigenvalue weighted by Crippen LogP contribution is 2.33. The fourth-order valence-electron chi connectivity index (χ4n) is 5.06. The topological polar surface area (TPSA) is 128 Å². The first-order valence-electron chi connectivity index (χ1n) is 14.1. The highest BCUT2D eigenvalue weighted by atomic mass is 32.2. The molecule has 4 aromatic rings. The summed E-state index contributed by atoms with van der Waals surface area (Å²) >= 11 is 0. The van der Waals surface area contributed by atoms with Crippen LogP contribution in [-0.2, 0) is 23.5 Å². The van der Waals surface area contributed by atoms with Gasteiger partial charge < -0.3 is 9.64 Å². The molecular formula is C28H36N8O4S. The Bertz CT molecular complexity index is 1690. The number of nitrogens with zero attached hydrogens (tertiary/aromatic N) is 8. The third-order valence-electron chi connectivity index (χ3n) is 7.33. The van der Waals surface area contributed by atoms with Gasteiger partial charge in [-0.15, -0.1) is 5.10 Å². The second-order valence-corrected chi connectivity index (χ2v) is 12.0. The minimum atomic E-state index is -3.77. The number of likely N-dealkylation sites (N-methyl/N-ethyl adjacent to an activating group) is 1. The van der Waals surface area contributed by atoms with E-state index in [0.29, 0.717) is 67.7 Å². The van der Waals surface area contributed by atoms with E-state index in [2.05, 4.69) is 27.1 Å². The molecule has 1 saturated heterocycles. The lowest BCUT2D eigenvalue weighted by Crippen LogP contribution is -2.48. The predicted molar refractivity (Wildman–Crippen MR) is 156 cm³/mol. The van der Waals surface area contributed by atoms with E-state index in [-0.39, 0.29) is 16.0 Å². The number of ether oxygens (including phenoxy) is 1. The Morgan fingerprint density at radius 1 is 1.00 bits per heavy atom. The number of benzene rings is 1. The maximum atomic E-state index is 13.7. The van der Waals surface area contributed by atoms with Gasteiger partial charge in [-0.3, -0.25) is 9.36 Å². The quantitative estimate of drug-likeness (QED) is 0.278. The number of aryl methyl sites for hydroxylation is 1. The number of hydrogen-bond acceptors (Lipinski definition) is 9. The zero-order valence-corrected chi connectivity index (χ0v) is 24.8. The van der Waals surface area contributed by atoms with Gasteiger partial charge in [-0.2, -0.15) is 14.5 Å². The van der Waals surface area contributed by atoms with Gasteiger partial charge in [0.25, 0.3) is 5.56 Å². The summed E-state index contributed by atoms with van der Waals surface area (Å²) in [5, 5.41) is 12.7. The number of rotatable bonds is 10. The molecule has 13 heteroatoms. The molecule has 4 heterocycles. The third kappa shape index (κ3) is 5.48. The zero-order chi connectivity index (χ0) is 29.1. The molecule has 0 radical (unpaired) electrons. The van der Waals surface area contributed by atoms with Crippen LogP contribution in [0.2, 0.25) is 0 Å². The van der Waals surface area contributed by atoms with E-state index in [1.807, 2.05) is 13.8 Å². The Labute approximate surface area is 239 Å². The molecule has 0 spiro atoms. The van der Waals surface area contributed by atoms with Crippen LogP contribution in [0.3, 0.4) is 0 Å². The average molecular weight is 581 g/mol. The number of hydrogen-bond donors (Lipinski definition) is 0. The van der Waals surface area contributed by atoms with Gasteiger partial charge in [0.2, 0.25) is 10.0 Å². The van der Waals surface area contributed by atoms with Crippen molar-refractivity contribution in [3.8, 4) is 23.0 Å². The second kappa shape index (κ2) is 12.0. The Balaban J connectivity index is 1.68. The van der Waals surface area contributed by atoms with E-state index < -0.39 is 10.0 Å². The van der Waals surface area contributed by atoms with Crippen LogP contribution < -0.4 is 10.3 Å². The summed E-state index contributed by atoms with van der Waals surface area (Å²) in [7, 11) is -2.16. The molecule has 0 unspecified atom stereocenters. The van der Waals surface area contributed by atoms with Gasteiger partial charge in [0.05, 0.1) is 22.8 Å². The highest BCUT2D eigenvalue weighted by molar-refractivity contribution is 7.89. The largest absolute Gasteiger partial charge is 0.493 e. The molecule has 0 bridgehead atoms. The minimum absolute atomic E-state index is 0.139. The molecule has 5 rings (SSSR count). The summed E-state index contributed by atoms with van der Waals surface area (Å²) in [5.74, 6) is 1.25. The van der Waals surface area contributed by atoms with Crippen molar-refractivity contribution in [1.29, 1.82) is 0 Å². The molecule has 3 aromatic heterocycles. The summed E-state index contributed by atoms with van der Waals surface area (Å²) < 4.78 is 38.0. The van der Waals surface area contributed by atoms with Crippen LogP contribution in [0.5, 0.6) is 5.75 Å². The van der Waals surface area contributed by atoms with Crippen molar-refractivity contribution in [2.24, 2.45) is 7.05 Å². The van der Waals surface area contributed by atoms with Crippen molar-refractivity contribution in [2.45, 2.75) is 44.9 Å². The van der Waals surface area contributed by atoms with Crippen molar-refractivity contribution in [3.63, 3.8) is 0 Å². The van der Waals surface area contributed by atoms with E-state index in [4.69, 9.17) is 9.72 Å². The monoisotopic (exact) mass is 580 g/mol. The molecule has 218 valence electrons. The van der Waals surface area contributed by atoms with E-state index in [1.54, 1.807) is 48.3 Å². The Morgan fingerprint density at radius 2 is 1.78 bits per heavy atom. The second-order valence-electron chi connectivity index (χ2n) is 10.0. The normalized spacial score (nSPS) is 15.0. The lowest BCUT2D eigenvalue weighted by Gasteiger charge is -2.33. The number of sulfonamides is 1. The fraction of sp³-hybridized carbons (Fsp3) is 0.464. The van der Waals surface area contributed by atoms with Crippen molar-refractivity contribution in [2.75, 3.05) is 39.3 Å². The molecule has 0 aliphatic carbocycles. The van der Waals surface area contributed by atoms with E-state index >= 15 is 0 Å². The molecule has 41 heavy (non-hydrogen) atoms. The molecule has 1 aliphatic heterocycles. The molecule has 1 aromatic carbocycles. The van der Waals surface area contributed by atoms with Crippen molar-refractivity contribution in [1.82, 2.24) is 38.7 Å². The molecule has 0 amide bonds. The maximum Gasteiger partial charge on any atom is 0.281 e. The van der Waals surface area contributed by atoms with Gasteiger partial charge in [0.15, 0.2) is 11.3 Å². The highest BCUT2D eigenvalue weighted by Gasteiger charge is 2.30. The van der Waals surface area contributed by atoms with Crippen molar-refractivity contribution < 1.29 is 13.2 Å². The number of fused-ring (bicyclic) bond motifs is 1. The summed E-state index contributed by atoms with van der Waals surface area (Å²) in [6.45, 7) is 9.62. The van der Waals surface area contributed by atoms with Gasteiger partial charge in [-0.05, 0) is 49.7 Å². The van der Waals surface area contributed by atoms with Crippen molar-refractivity contribution in [3.05, 3.63) is 52.6 Å². The van der Waals surface area contributed by atoms with Crippen molar-refractivity contribution >= 4 is 21.1 Å². The van der Waals surface area contributed by atoms with E-state index in [0.717, 1.165) is 25.1 Å². The first kappa shape index (κ1) is 28.8. The van der Waals surface area contributed by atoms with Gasteiger partial charge in [-0.1, -0.05) is 27.2 Å². The fourth-order valence-corrected chi connectivity index (χ4v) is 6.51. The van der Waals surface area contributed by atoms with Gasteiger partial charge in [0, 0.05) is 39.4 Å². The van der Waals surface area contributed by atoms with Crippen LogP contribution in [-0.4, -0.2) is 86.5 Å². The van der Waals surface area contributed by atoms with Crippen LogP contribution in [0.25, 0.3) is 28.2 Å². The summed E-state index contributed by atoms with van der Waals surface area (Å²) in [6, 6.07) is 8.34. The van der Waals surface area contributed by atoms with Crippen LogP contribution in [0.15, 0.2) is 46.2 Å². The SMILES string of the molecule is CCCOc1ccc(S(=O)(=O)N2CCN(CC)CC2)cc1-c1nc2c(CCC)n(-c3cccnn3)nc2c(=O)n1C. The smallest absolute Gasteiger partial charge is 0.281 e. The summed E-state index contributed by atoms with van der Waals surface area (Å²) in [6.07, 6.45) is 3.73. The molecule has 0 atom stereocenters. The predicted octanol–water partition coefficient (Wildman–Crippen LogP) is 2.64. The van der Waals surface area contributed by atoms with Crippen LogP contribution >= 0.6 is 0 Å². The lowest BCUT2D eigenvalue weighted by atomic mass is 10.1. The maximum absolute atomic E-state index is 13.7. The molecule has 1 fully saturated rings. The van der Waals surface area contributed by atoms with Crippen LogP contribution in [0, 0.1) is 0 Å². The first-order valence-corrected chi connectivity index (χ1v) is 15.5. The minimum Gasteiger partial charge on any atom is -0.493 e. The lowest BCUT2D eigenvalue weighted by molar-refractivity contribution is 0.196. The van der Waals surface area contributed by atoms with Gasteiger partial charge in [0.1, 0.15) is 17.1 Å². The Morgan fingerprint density at radius 3 is 2.44 bits per heavy atom. The van der Waals surface area contributed by atoms with E-state index in [1.165, 1.54) is 8.87 Å². The van der Waals surface area contributed by atoms with Crippen LogP contribution in [0.4, 0.5) is 0 Å². The molecular weight excluding hydrogens is 544 g/mol. The summed E-state index contributed by atoms with van der Waals surface area (Å²) in [4.78, 5) is 21.0. The van der Waals surface area contributed by atoms with Crippen LogP contribution in [0.1, 0.15) is 39.3 Å². The Kier molecular flexibility index (Phi) is 8.47. The van der Waals surface area contributed by atoms with Gasteiger partial charge >= 0.3 is 0 Å². The van der Waals surface area contributed by atoms with Gasteiger partial charge in [-0.25, -0.2) is 18.1 Å². The van der Waals surface area contributed by atoms with E-state index in [9.17, 15) is 13.2 Å². The molecule has 1 aliphatic rings. The molecule has 0 saturated carbocycles. The molecule has 0 N–H and O–H groups in total. The first-order chi connectivity index (χ1) is 19.8. The zero-order valence-electron chi connectivity index (χ0n) is 23.9. The molecule has 12 nitrogen and oxygen atoms in total. The number of aromatic nitrogens is 6.